The first-order valence-corrected chi connectivity index (χ1v) is 15.0. The van der Waals surface area contributed by atoms with Crippen LogP contribution in [-0.4, -0.2) is 23.3 Å². The lowest BCUT2D eigenvalue weighted by atomic mass is 9.31. The van der Waals surface area contributed by atoms with E-state index >= 15 is 0 Å². The molecule has 0 aliphatic heterocycles. The number of carbonyl (C=O) groups excluding carboxylic acids is 1. The third-order valence-electron chi connectivity index (χ3n) is 14.2. The monoisotopic (exact) mass is 486 g/mol. The molecule has 5 aliphatic carbocycles. The fraction of sp³-hybridized carbons (Fsp3) is 0.969. The van der Waals surface area contributed by atoms with Crippen LogP contribution in [0, 0.1) is 62.6 Å². The first kappa shape index (κ1) is 26.1. The largest absolute Gasteiger partial charge is 0.462 e. The number of carbonyl (C=O) groups is 1. The van der Waals surface area contributed by atoms with Crippen molar-refractivity contribution in [3.63, 3.8) is 0 Å². The Kier molecular flexibility index (Phi) is 5.93. The van der Waals surface area contributed by atoms with Gasteiger partial charge in [-0.3, -0.25) is 4.79 Å². The van der Waals surface area contributed by atoms with Gasteiger partial charge in [-0.1, -0.05) is 55.4 Å². The summed E-state index contributed by atoms with van der Waals surface area (Å²) < 4.78 is 5.88. The summed E-state index contributed by atoms with van der Waals surface area (Å²) in [5.41, 5.74) is 0.927. The normalized spacial score (nSPS) is 57.2. The van der Waals surface area contributed by atoms with Gasteiger partial charge in [0.2, 0.25) is 0 Å². The van der Waals surface area contributed by atoms with Crippen LogP contribution in [0.1, 0.15) is 120 Å². The van der Waals surface area contributed by atoms with E-state index in [9.17, 15) is 9.90 Å². The highest BCUT2D eigenvalue weighted by Crippen LogP contribution is 2.77. The van der Waals surface area contributed by atoms with Gasteiger partial charge in [-0.05, 0) is 115 Å². The molecule has 3 heteroatoms. The van der Waals surface area contributed by atoms with Gasteiger partial charge in [0, 0.05) is 12.3 Å². The van der Waals surface area contributed by atoms with Gasteiger partial charge in [0.1, 0.15) is 6.10 Å². The lowest BCUT2D eigenvalue weighted by Gasteiger charge is -2.74. The maximum atomic E-state index is 12.1. The predicted octanol–water partition coefficient (Wildman–Crippen LogP) is 7.65. The van der Waals surface area contributed by atoms with Gasteiger partial charge in [-0.2, -0.15) is 0 Å². The lowest BCUT2D eigenvalue weighted by molar-refractivity contribution is -0.284. The minimum absolute atomic E-state index is 0.00790. The summed E-state index contributed by atoms with van der Waals surface area (Å²) in [6, 6.07) is 0. The summed E-state index contributed by atoms with van der Waals surface area (Å²) in [6.45, 7) is 21.6. The minimum atomic E-state index is -0.223. The second-order valence-corrected chi connectivity index (χ2v) is 15.8. The van der Waals surface area contributed by atoms with Crippen LogP contribution in [0.4, 0.5) is 0 Å². The quantitative estimate of drug-likeness (QED) is 0.387. The van der Waals surface area contributed by atoms with Crippen LogP contribution in [0.25, 0.3) is 0 Å². The smallest absolute Gasteiger partial charge is 0.302 e. The first-order chi connectivity index (χ1) is 16.1. The molecule has 5 rings (SSSR count). The van der Waals surface area contributed by atoms with Crippen molar-refractivity contribution < 1.29 is 14.6 Å². The minimum Gasteiger partial charge on any atom is -0.462 e. The maximum absolute atomic E-state index is 12.1. The van der Waals surface area contributed by atoms with Gasteiger partial charge in [-0.25, -0.2) is 0 Å². The Labute approximate surface area is 215 Å². The number of esters is 1. The van der Waals surface area contributed by atoms with Gasteiger partial charge >= 0.3 is 5.97 Å². The van der Waals surface area contributed by atoms with E-state index in [1.165, 1.54) is 38.5 Å². The fourth-order valence-electron chi connectivity index (χ4n) is 12.1. The zero-order valence-corrected chi connectivity index (χ0v) is 24.2. The SMILES string of the molecule is CC(=O)O[C@H]1CC[C@]2(C)[C@H]3[C@@H](O)C[C@@H]4[C@@H]5[C@@H](C)[C@H](C)CC[C@]5(C)CC[C@@]4(C)[C@]3(C)CC[C@H]2C1(C)C. The molecule has 5 fully saturated rings. The molecule has 12 atom stereocenters. The van der Waals surface area contributed by atoms with Crippen LogP contribution in [-0.2, 0) is 9.53 Å². The molecular weight excluding hydrogens is 432 g/mol. The Bertz CT molecular complexity index is 865. The molecule has 3 nitrogen and oxygen atoms in total. The molecule has 0 amide bonds. The highest BCUT2D eigenvalue weighted by molar-refractivity contribution is 5.66. The van der Waals surface area contributed by atoms with E-state index < -0.39 is 0 Å². The van der Waals surface area contributed by atoms with Crippen molar-refractivity contribution in [1.82, 2.24) is 0 Å². The average molecular weight is 487 g/mol. The number of rotatable bonds is 1. The van der Waals surface area contributed by atoms with Crippen LogP contribution in [0.2, 0.25) is 0 Å². The van der Waals surface area contributed by atoms with E-state index in [2.05, 4.69) is 55.4 Å². The van der Waals surface area contributed by atoms with Crippen molar-refractivity contribution in [3.8, 4) is 0 Å². The van der Waals surface area contributed by atoms with Crippen molar-refractivity contribution >= 4 is 5.97 Å². The topological polar surface area (TPSA) is 46.5 Å². The molecule has 35 heavy (non-hydrogen) atoms. The molecule has 0 saturated heterocycles. The van der Waals surface area contributed by atoms with Crippen molar-refractivity contribution in [3.05, 3.63) is 0 Å². The van der Waals surface area contributed by atoms with E-state index in [0.29, 0.717) is 23.2 Å². The molecule has 0 radical (unpaired) electrons. The van der Waals surface area contributed by atoms with Crippen LogP contribution in [0.3, 0.4) is 0 Å². The molecule has 0 unspecified atom stereocenters. The van der Waals surface area contributed by atoms with Gasteiger partial charge < -0.3 is 9.84 Å². The summed E-state index contributed by atoms with van der Waals surface area (Å²) in [4.78, 5) is 11.9. The Hall–Kier alpha value is -0.570. The van der Waals surface area contributed by atoms with Crippen molar-refractivity contribution in [2.75, 3.05) is 0 Å². The van der Waals surface area contributed by atoms with Gasteiger partial charge in [0.25, 0.3) is 0 Å². The van der Waals surface area contributed by atoms with E-state index in [1.54, 1.807) is 6.92 Å². The molecule has 0 heterocycles. The first-order valence-electron chi connectivity index (χ1n) is 15.0. The Morgan fingerprint density at radius 3 is 2.20 bits per heavy atom. The number of ether oxygens (including phenoxy) is 1. The van der Waals surface area contributed by atoms with Crippen LogP contribution >= 0.6 is 0 Å². The molecular formula is C32H54O3. The van der Waals surface area contributed by atoms with E-state index in [0.717, 1.165) is 37.0 Å². The molecule has 0 aromatic carbocycles. The van der Waals surface area contributed by atoms with Crippen molar-refractivity contribution in [1.29, 1.82) is 0 Å². The van der Waals surface area contributed by atoms with Crippen LogP contribution in [0.15, 0.2) is 0 Å². The zero-order valence-electron chi connectivity index (χ0n) is 24.2. The van der Waals surface area contributed by atoms with E-state index in [-0.39, 0.29) is 39.8 Å². The second-order valence-electron chi connectivity index (χ2n) is 15.8. The van der Waals surface area contributed by atoms with Gasteiger partial charge in [-0.15, -0.1) is 0 Å². The average Bonchev–Trinajstić information content (AvgIpc) is 2.74. The molecule has 5 saturated carbocycles. The standard InChI is InChI=1S/C32H54O3/c1-19-10-13-29(6)16-17-31(8)22(26(29)20(19)2)18-23(34)27-30(7)14-12-25(35-21(3)33)28(4,5)24(30)11-15-32(27,31)9/h19-20,22-27,34H,10-18H2,1-9H3/t19-,20+,22-,23+,24+,25+,26+,27-,29-,30+,31-,32-/m1/s1. The molecule has 5 aliphatic rings. The number of aliphatic hydroxyl groups excluding tert-OH is 1. The Morgan fingerprint density at radius 1 is 0.857 bits per heavy atom. The number of fused-ring (bicyclic) bond motifs is 7. The van der Waals surface area contributed by atoms with Crippen molar-refractivity contribution in [2.45, 2.75) is 132 Å². The number of hydrogen-bond acceptors (Lipinski definition) is 3. The predicted molar refractivity (Wildman–Crippen MR) is 142 cm³/mol. The molecule has 0 spiro atoms. The summed E-state index contributed by atoms with van der Waals surface area (Å²) in [5, 5.41) is 12.1. The lowest BCUT2D eigenvalue weighted by Crippen LogP contribution is -2.70. The maximum Gasteiger partial charge on any atom is 0.302 e. The van der Waals surface area contributed by atoms with Crippen LogP contribution < -0.4 is 0 Å². The van der Waals surface area contributed by atoms with Gasteiger partial charge in [0.15, 0.2) is 0 Å². The Morgan fingerprint density at radius 2 is 1.54 bits per heavy atom. The number of aliphatic hydroxyl groups is 1. The van der Waals surface area contributed by atoms with E-state index in [1.807, 2.05) is 0 Å². The fourth-order valence-corrected chi connectivity index (χ4v) is 12.1. The summed E-state index contributed by atoms with van der Waals surface area (Å²) >= 11 is 0. The highest BCUT2D eigenvalue weighted by Gasteiger charge is 2.72. The van der Waals surface area contributed by atoms with Crippen LogP contribution in [0.5, 0.6) is 0 Å². The molecule has 0 bridgehead atoms. The third kappa shape index (κ3) is 3.34. The van der Waals surface area contributed by atoms with Crippen molar-refractivity contribution in [2.24, 2.45) is 62.6 Å². The summed E-state index contributed by atoms with van der Waals surface area (Å²) in [6.07, 6.45) is 10.6. The summed E-state index contributed by atoms with van der Waals surface area (Å²) in [5.74, 6) is 3.55. The summed E-state index contributed by atoms with van der Waals surface area (Å²) in [7, 11) is 0. The molecule has 1 N–H and O–H groups in total. The van der Waals surface area contributed by atoms with Gasteiger partial charge in [0.05, 0.1) is 6.10 Å². The van der Waals surface area contributed by atoms with E-state index in [4.69, 9.17) is 4.74 Å². The molecule has 0 aromatic rings. The Balaban J connectivity index is 1.53. The second kappa shape index (κ2) is 7.97. The molecule has 200 valence electrons. The third-order valence-corrected chi connectivity index (χ3v) is 14.2. The molecule has 0 aromatic heterocycles. The zero-order chi connectivity index (χ0) is 25.8. The highest BCUT2D eigenvalue weighted by atomic mass is 16.5. The number of hydrogen-bond donors (Lipinski definition) is 1.